The van der Waals surface area contributed by atoms with Crippen LogP contribution in [0.1, 0.15) is 15.9 Å². The smallest absolute Gasteiger partial charge is 0.186 e. The predicted octanol–water partition coefficient (Wildman–Crippen LogP) is 6.59. The molecule has 3 nitrogen and oxygen atoms in total. The molecule has 1 heterocycles. The fraction of sp³-hybridized carbons (Fsp3) is 0. The van der Waals surface area contributed by atoms with Gasteiger partial charge in [-0.05, 0) is 35.1 Å². The molecule has 0 saturated carbocycles. The lowest BCUT2D eigenvalue weighted by atomic mass is 10.0. The van der Waals surface area contributed by atoms with Crippen LogP contribution in [0.25, 0.3) is 33.8 Å². The molecular weight excluding hydrogens is 380 g/mol. The maximum Gasteiger partial charge on any atom is 0.186 e. The van der Waals surface area contributed by atoms with Gasteiger partial charge in [0.15, 0.2) is 5.78 Å². The van der Waals surface area contributed by atoms with E-state index in [0.29, 0.717) is 5.56 Å². The van der Waals surface area contributed by atoms with Crippen LogP contribution in [0.2, 0.25) is 0 Å². The molecular formula is C28H20N2O. The van der Waals surface area contributed by atoms with E-state index in [0.717, 1.165) is 33.3 Å². The van der Waals surface area contributed by atoms with Crippen LogP contribution < -0.4 is 0 Å². The van der Waals surface area contributed by atoms with Gasteiger partial charge < -0.3 is 0 Å². The van der Waals surface area contributed by atoms with Crippen LogP contribution in [-0.2, 0) is 0 Å². The van der Waals surface area contributed by atoms with Gasteiger partial charge in [0.05, 0.1) is 11.4 Å². The maximum absolute atomic E-state index is 13.0. The summed E-state index contributed by atoms with van der Waals surface area (Å²) in [6, 6.07) is 33.8. The Kier molecular flexibility index (Phi) is 4.99. The normalized spacial score (nSPS) is 11.2. The van der Waals surface area contributed by atoms with E-state index in [-0.39, 0.29) is 5.78 Å². The Morgan fingerprint density at radius 3 is 2.23 bits per heavy atom. The second-order valence-corrected chi connectivity index (χ2v) is 7.30. The number of aromatic nitrogens is 2. The van der Waals surface area contributed by atoms with Gasteiger partial charge in [0.1, 0.15) is 0 Å². The first-order valence-corrected chi connectivity index (χ1v) is 10.2. The van der Waals surface area contributed by atoms with Crippen LogP contribution in [0.15, 0.2) is 115 Å². The van der Waals surface area contributed by atoms with Crippen LogP contribution in [-0.4, -0.2) is 15.6 Å². The molecule has 3 heteroatoms. The first-order chi connectivity index (χ1) is 15.3. The number of hydrogen-bond donors (Lipinski definition) is 0. The van der Waals surface area contributed by atoms with Gasteiger partial charge in [0, 0.05) is 22.9 Å². The van der Waals surface area contributed by atoms with Crippen molar-refractivity contribution >= 4 is 22.6 Å². The molecule has 31 heavy (non-hydrogen) atoms. The number of carbonyl (C=O) groups is 1. The number of benzene rings is 4. The zero-order valence-electron chi connectivity index (χ0n) is 16.8. The molecule has 0 saturated heterocycles. The number of allylic oxidation sites excluding steroid dienone is 1. The van der Waals surface area contributed by atoms with Crippen molar-refractivity contribution in [3.63, 3.8) is 0 Å². The molecule has 0 fully saturated rings. The molecule has 0 aliphatic rings. The Hall–Kier alpha value is -4.24. The molecule has 4 aromatic carbocycles. The van der Waals surface area contributed by atoms with E-state index in [1.807, 2.05) is 120 Å². The molecule has 0 amide bonds. The minimum absolute atomic E-state index is 0.0247. The van der Waals surface area contributed by atoms with Crippen LogP contribution >= 0.6 is 0 Å². The van der Waals surface area contributed by atoms with Crippen LogP contribution in [0.4, 0.5) is 0 Å². The van der Waals surface area contributed by atoms with E-state index in [9.17, 15) is 4.79 Å². The molecule has 1 aromatic heterocycles. The summed E-state index contributed by atoms with van der Waals surface area (Å²) in [7, 11) is 0. The Balaban J connectivity index is 1.55. The number of carbonyl (C=O) groups excluding carboxylic acids is 1. The molecule has 148 valence electrons. The zero-order chi connectivity index (χ0) is 21.0. The third kappa shape index (κ3) is 3.81. The number of para-hydroxylation sites is 1. The number of nitrogens with zero attached hydrogens (tertiary/aromatic N) is 2. The van der Waals surface area contributed by atoms with E-state index in [2.05, 4.69) is 0 Å². The average molecular weight is 400 g/mol. The average Bonchev–Trinajstić information content (AvgIpc) is 3.27. The molecule has 0 radical (unpaired) electrons. The van der Waals surface area contributed by atoms with E-state index >= 15 is 0 Å². The van der Waals surface area contributed by atoms with E-state index in [4.69, 9.17) is 5.10 Å². The highest BCUT2D eigenvalue weighted by Gasteiger charge is 2.12. The first-order valence-electron chi connectivity index (χ1n) is 10.2. The summed E-state index contributed by atoms with van der Waals surface area (Å²) < 4.78 is 1.85. The zero-order valence-corrected chi connectivity index (χ0v) is 16.8. The number of fused-ring (bicyclic) bond motifs is 1. The summed E-state index contributed by atoms with van der Waals surface area (Å²) in [5, 5.41) is 6.83. The van der Waals surface area contributed by atoms with Crippen molar-refractivity contribution in [1.29, 1.82) is 0 Å². The second-order valence-electron chi connectivity index (χ2n) is 7.30. The van der Waals surface area contributed by atoms with Crippen molar-refractivity contribution in [1.82, 2.24) is 9.78 Å². The fourth-order valence-electron chi connectivity index (χ4n) is 3.74. The highest BCUT2D eigenvalue weighted by atomic mass is 16.1. The fourth-order valence-corrected chi connectivity index (χ4v) is 3.74. The second kappa shape index (κ2) is 8.25. The number of ketones is 1. The molecule has 0 spiro atoms. The first kappa shape index (κ1) is 18.8. The highest BCUT2D eigenvalue weighted by molar-refractivity contribution is 6.14. The number of rotatable bonds is 5. The lowest BCUT2D eigenvalue weighted by Crippen LogP contribution is -1.95. The van der Waals surface area contributed by atoms with Gasteiger partial charge in [-0.25, -0.2) is 4.68 Å². The molecule has 0 bridgehead atoms. The molecule has 0 aliphatic heterocycles. The van der Waals surface area contributed by atoms with Crippen molar-refractivity contribution < 1.29 is 4.79 Å². The summed E-state index contributed by atoms with van der Waals surface area (Å²) in [5.41, 5.74) is 4.41. The third-order valence-electron chi connectivity index (χ3n) is 5.28. The summed E-state index contributed by atoms with van der Waals surface area (Å²) in [4.78, 5) is 13.0. The topological polar surface area (TPSA) is 34.9 Å². The van der Waals surface area contributed by atoms with Crippen LogP contribution in [0, 0.1) is 0 Å². The largest absolute Gasteiger partial charge is 0.289 e. The Labute approximate surface area is 180 Å². The summed E-state index contributed by atoms with van der Waals surface area (Å²) >= 11 is 0. The van der Waals surface area contributed by atoms with Crippen molar-refractivity contribution in [3.8, 4) is 16.9 Å². The Morgan fingerprint density at radius 2 is 1.42 bits per heavy atom. The van der Waals surface area contributed by atoms with Gasteiger partial charge >= 0.3 is 0 Å². The lowest BCUT2D eigenvalue weighted by molar-refractivity contribution is 0.104. The van der Waals surface area contributed by atoms with Gasteiger partial charge in [-0.3, -0.25) is 4.79 Å². The molecule has 0 atom stereocenters. The minimum atomic E-state index is -0.0247. The summed E-state index contributed by atoms with van der Waals surface area (Å²) in [6.07, 6.45) is 5.46. The third-order valence-corrected chi connectivity index (χ3v) is 5.28. The lowest BCUT2D eigenvalue weighted by Gasteiger charge is -2.03. The van der Waals surface area contributed by atoms with Crippen molar-refractivity contribution in [2.45, 2.75) is 0 Å². The molecule has 0 unspecified atom stereocenters. The SMILES string of the molecule is O=C(/C=C/c1cn(-c2ccccc2)nc1-c1ccccc1)c1cccc2ccccc12. The standard InChI is InChI=1S/C28H20N2O/c31-27(26-17-9-13-21-10-7-8-16-25(21)26)19-18-23-20-30(24-14-5-2-6-15-24)29-28(23)22-11-3-1-4-12-22/h1-20H/b19-18+. The van der Waals surface area contributed by atoms with Gasteiger partial charge in [-0.2, -0.15) is 5.10 Å². The predicted molar refractivity (Wildman–Crippen MR) is 126 cm³/mol. The van der Waals surface area contributed by atoms with Gasteiger partial charge in [0.2, 0.25) is 0 Å². The van der Waals surface area contributed by atoms with Crippen LogP contribution in [0.5, 0.6) is 0 Å². The quantitative estimate of drug-likeness (QED) is 0.246. The molecule has 0 N–H and O–H groups in total. The van der Waals surface area contributed by atoms with Gasteiger partial charge in [-0.15, -0.1) is 0 Å². The molecule has 0 aliphatic carbocycles. The number of hydrogen-bond acceptors (Lipinski definition) is 2. The highest BCUT2D eigenvalue weighted by Crippen LogP contribution is 2.25. The van der Waals surface area contributed by atoms with Crippen molar-refractivity contribution in [3.05, 3.63) is 127 Å². The van der Waals surface area contributed by atoms with Crippen LogP contribution in [0.3, 0.4) is 0 Å². The summed E-state index contributed by atoms with van der Waals surface area (Å²) in [6.45, 7) is 0. The van der Waals surface area contributed by atoms with Gasteiger partial charge in [0.25, 0.3) is 0 Å². The Bertz CT molecular complexity index is 1380. The maximum atomic E-state index is 13.0. The van der Waals surface area contributed by atoms with Crippen molar-refractivity contribution in [2.75, 3.05) is 0 Å². The minimum Gasteiger partial charge on any atom is -0.289 e. The van der Waals surface area contributed by atoms with E-state index < -0.39 is 0 Å². The monoisotopic (exact) mass is 400 g/mol. The van der Waals surface area contributed by atoms with E-state index in [1.54, 1.807) is 6.08 Å². The Morgan fingerprint density at radius 1 is 0.742 bits per heavy atom. The van der Waals surface area contributed by atoms with Crippen molar-refractivity contribution in [2.24, 2.45) is 0 Å². The summed E-state index contributed by atoms with van der Waals surface area (Å²) in [5.74, 6) is -0.0247. The van der Waals surface area contributed by atoms with Gasteiger partial charge in [-0.1, -0.05) is 91.0 Å². The van der Waals surface area contributed by atoms with E-state index in [1.165, 1.54) is 0 Å². The molecule has 5 rings (SSSR count). The molecule has 5 aromatic rings.